The van der Waals surface area contributed by atoms with Crippen LogP contribution in [-0.2, 0) is 4.79 Å². The van der Waals surface area contributed by atoms with Crippen LogP contribution in [0.15, 0.2) is 18.2 Å². The number of aliphatic carboxylic acids is 1. The average Bonchev–Trinajstić information content (AvgIpc) is 2.26. The summed E-state index contributed by atoms with van der Waals surface area (Å²) < 4.78 is 13.0. The zero-order valence-corrected chi connectivity index (χ0v) is 11.7. The standard InChI is InChI=1S/C14H17ClFNO2/c1-8(14(18)19)10-6-17(7-10)9(2)12-4-3-11(16)5-13(12)15/h3-5,8-10H,6-7H2,1-2H3,(H,18,19). The molecule has 0 spiro atoms. The predicted octanol–water partition coefficient (Wildman–Crippen LogP) is 3.19. The molecule has 5 heteroatoms. The van der Waals surface area contributed by atoms with Crippen molar-refractivity contribution in [3.8, 4) is 0 Å². The Bertz CT molecular complexity index is 488. The second-order valence-corrected chi connectivity index (χ2v) is 5.59. The van der Waals surface area contributed by atoms with Gasteiger partial charge in [-0.15, -0.1) is 0 Å². The lowest BCUT2D eigenvalue weighted by atomic mass is 9.85. The average molecular weight is 286 g/mol. The van der Waals surface area contributed by atoms with Crippen molar-refractivity contribution in [1.29, 1.82) is 0 Å². The Balaban J connectivity index is 2.00. The third-order valence-corrected chi connectivity index (χ3v) is 4.32. The molecule has 1 aromatic carbocycles. The molecule has 3 nitrogen and oxygen atoms in total. The molecule has 1 aliphatic rings. The van der Waals surface area contributed by atoms with Crippen molar-refractivity contribution in [1.82, 2.24) is 4.90 Å². The molecule has 1 aliphatic heterocycles. The number of hydrogen-bond acceptors (Lipinski definition) is 2. The van der Waals surface area contributed by atoms with Crippen LogP contribution in [0.25, 0.3) is 0 Å². The summed E-state index contributed by atoms with van der Waals surface area (Å²) in [6, 6.07) is 4.47. The smallest absolute Gasteiger partial charge is 0.306 e. The quantitative estimate of drug-likeness (QED) is 0.923. The van der Waals surface area contributed by atoms with Gasteiger partial charge in [0.1, 0.15) is 5.82 Å². The fourth-order valence-corrected chi connectivity index (χ4v) is 2.75. The summed E-state index contributed by atoms with van der Waals surface area (Å²) in [5.41, 5.74) is 0.879. The number of halogens is 2. The summed E-state index contributed by atoms with van der Waals surface area (Å²) >= 11 is 6.04. The van der Waals surface area contributed by atoms with Crippen molar-refractivity contribution >= 4 is 17.6 Å². The SMILES string of the molecule is CC(C(=O)O)C1CN(C(C)c2ccc(F)cc2Cl)C1. The number of nitrogens with zero attached hydrogens (tertiary/aromatic N) is 1. The summed E-state index contributed by atoms with van der Waals surface area (Å²) in [6.07, 6.45) is 0. The maximum absolute atomic E-state index is 13.0. The fraction of sp³-hybridized carbons (Fsp3) is 0.500. The Labute approximate surface area is 117 Å². The second-order valence-electron chi connectivity index (χ2n) is 5.18. The van der Waals surface area contributed by atoms with Crippen LogP contribution in [0.2, 0.25) is 5.02 Å². The van der Waals surface area contributed by atoms with E-state index >= 15 is 0 Å². The van der Waals surface area contributed by atoms with E-state index in [2.05, 4.69) is 4.90 Å². The van der Waals surface area contributed by atoms with Crippen LogP contribution in [0.4, 0.5) is 4.39 Å². The summed E-state index contributed by atoms with van der Waals surface area (Å²) in [5, 5.41) is 9.37. The minimum absolute atomic E-state index is 0.0744. The Morgan fingerprint density at radius 3 is 2.63 bits per heavy atom. The molecule has 1 saturated heterocycles. The van der Waals surface area contributed by atoms with Gasteiger partial charge in [-0.25, -0.2) is 4.39 Å². The number of benzene rings is 1. The van der Waals surface area contributed by atoms with Gasteiger partial charge in [0.25, 0.3) is 0 Å². The highest BCUT2D eigenvalue weighted by molar-refractivity contribution is 6.31. The third kappa shape index (κ3) is 2.90. The largest absolute Gasteiger partial charge is 0.481 e. The van der Waals surface area contributed by atoms with Gasteiger partial charge in [-0.05, 0) is 30.5 Å². The molecular weight excluding hydrogens is 269 g/mol. The first-order chi connectivity index (χ1) is 8.90. The molecule has 104 valence electrons. The van der Waals surface area contributed by atoms with Crippen LogP contribution in [-0.4, -0.2) is 29.1 Å². The van der Waals surface area contributed by atoms with E-state index in [4.69, 9.17) is 16.7 Å². The zero-order valence-electron chi connectivity index (χ0n) is 10.9. The van der Waals surface area contributed by atoms with Gasteiger partial charge < -0.3 is 5.11 Å². The topological polar surface area (TPSA) is 40.5 Å². The van der Waals surface area contributed by atoms with Crippen LogP contribution < -0.4 is 0 Å². The molecule has 1 fully saturated rings. The zero-order chi connectivity index (χ0) is 14.2. The van der Waals surface area contributed by atoms with Gasteiger partial charge in [-0.2, -0.15) is 0 Å². The van der Waals surface area contributed by atoms with E-state index in [-0.39, 0.29) is 23.7 Å². The van der Waals surface area contributed by atoms with Crippen molar-refractivity contribution in [2.75, 3.05) is 13.1 Å². The maximum Gasteiger partial charge on any atom is 0.306 e. The molecular formula is C14H17ClFNO2. The van der Waals surface area contributed by atoms with Crippen LogP contribution in [0, 0.1) is 17.7 Å². The number of rotatable bonds is 4. The number of likely N-dealkylation sites (tertiary alicyclic amines) is 1. The number of carboxylic acids is 1. The van der Waals surface area contributed by atoms with E-state index in [0.29, 0.717) is 5.02 Å². The predicted molar refractivity (Wildman–Crippen MR) is 71.7 cm³/mol. The Kier molecular flexibility index (Phi) is 4.11. The number of carboxylic acid groups (broad SMARTS) is 1. The maximum atomic E-state index is 13.0. The minimum atomic E-state index is -0.753. The first-order valence-electron chi connectivity index (χ1n) is 6.32. The minimum Gasteiger partial charge on any atom is -0.481 e. The fourth-order valence-electron chi connectivity index (χ4n) is 2.42. The molecule has 2 unspecified atom stereocenters. The van der Waals surface area contributed by atoms with Crippen LogP contribution in [0.3, 0.4) is 0 Å². The van der Waals surface area contributed by atoms with E-state index in [1.807, 2.05) is 6.92 Å². The first-order valence-corrected chi connectivity index (χ1v) is 6.69. The molecule has 2 atom stereocenters. The lowest BCUT2D eigenvalue weighted by molar-refractivity contribution is -0.146. The molecule has 1 N–H and O–H groups in total. The molecule has 1 aromatic rings. The Morgan fingerprint density at radius 2 is 2.11 bits per heavy atom. The second kappa shape index (κ2) is 5.47. The van der Waals surface area contributed by atoms with E-state index < -0.39 is 5.97 Å². The molecule has 0 aromatic heterocycles. The van der Waals surface area contributed by atoms with Crippen molar-refractivity contribution in [3.63, 3.8) is 0 Å². The van der Waals surface area contributed by atoms with Crippen LogP contribution in [0.5, 0.6) is 0 Å². The van der Waals surface area contributed by atoms with Crippen molar-refractivity contribution < 1.29 is 14.3 Å². The van der Waals surface area contributed by atoms with E-state index in [1.165, 1.54) is 12.1 Å². The third-order valence-electron chi connectivity index (χ3n) is 3.99. The van der Waals surface area contributed by atoms with Gasteiger partial charge in [-0.3, -0.25) is 9.69 Å². The van der Waals surface area contributed by atoms with Gasteiger partial charge in [0.2, 0.25) is 0 Å². The Hall–Kier alpha value is -1.13. The normalized spacial score (nSPS) is 19.8. The van der Waals surface area contributed by atoms with E-state index in [9.17, 15) is 9.18 Å². The summed E-state index contributed by atoms with van der Waals surface area (Å²) in [4.78, 5) is 13.0. The number of hydrogen-bond donors (Lipinski definition) is 1. The first kappa shape index (κ1) is 14.3. The molecule has 0 amide bonds. The van der Waals surface area contributed by atoms with Crippen molar-refractivity contribution in [2.24, 2.45) is 11.8 Å². The lowest BCUT2D eigenvalue weighted by Gasteiger charge is -2.45. The van der Waals surface area contributed by atoms with Gasteiger partial charge in [-0.1, -0.05) is 24.6 Å². The molecule has 0 bridgehead atoms. The van der Waals surface area contributed by atoms with E-state index in [0.717, 1.165) is 18.7 Å². The van der Waals surface area contributed by atoms with Gasteiger partial charge in [0.15, 0.2) is 0 Å². The highest BCUT2D eigenvalue weighted by atomic mass is 35.5. The molecule has 0 radical (unpaired) electrons. The van der Waals surface area contributed by atoms with Crippen LogP contribution >= 0.6 is 11.6 Å². The van der Waals surface area contributed by atoms with Crippen molar-refractivity contribution in [3.05, 3.63) is 34.6 Å². The molecule has 0 saturated carbocycles. The highest BCUT2D eigenvalue weighted by Gasteiger charge is 2.37. The van der Waals surface area contributed by atoms with Crippen molar-refractivity contribution in [2.45, 2.75) is 19.9 Å². The summed E-state index contributed by atoms with van der Waals surface area (Å²) in [5.74, 6) is -1.25. The molecule has 2 rings (SSSR count). The summed E-state index contributed by atoms with van der Waals surface area (Å²) in [6.45, 7) is 5.21. The summed E-state index contributed by atoms with van der Waals surface area (Å²) in [7, 11) is 0. The van der Waals surface area contributed by atoms with Gasteiger partial charge in [0, 0.05) is 24.2 Å². The molecule has 1 heterocycles. The number of carbonyl (C=O) groups is 1. The molecule has 0 aliphatic carbocycles. The van der Waals surface area contributed by atoms with Crippen LogP contribution in [0.1, 0.15) is 25.5 Å². The Morgan fingerprint density at radius 1 is 1.47 bits per heavy atom. The highest BCUT2D eigenvalue weighted by Crippen LogP contribution is 2.35. The van der Waals surface area contributed by atoms with Gasteiger partial charge >= 0.3 is 5.97 Å². The monoisotopic (exact) mass is 285 g/mol. The van der Waals surface area contributed by atoms with Gasteiger partial charge in [0.05, 0.1) is 5.92 Å². The molecule has 19 heavy (non-hydrogen) atoms. The van der Waals surface area contributed by atoms with E-state index in [1.54, 1.807) is 13.0 Å². The lowest BCUT2D eigenvalue weighted by Crippen LogP contribution is -2.51.